The minimum Gasteiger partial charge on any atom is -0.493 e. The van der Waals surface area contributed by atoms with Gasteiger partial charge in [-0.25, -0.2) is 4.79 Å². The van der Waals surface area contributed by atoms with Gasteiger partial charge in [-0.3, -0.25) is 9.69 Å². The Balaban J connectivity index is 1.60. The number of fused-ring (bicyclic) bond motifs is 2. The van der Waals surface area contributed by atoms with Crippen LogP contribution in [0.3, 0.4) is 0 Å². The topological polar surface area (TPSA) is 67.9 Å². The number of hydrogen-bond acceptors (Lipinski definition) is 4. The summed E-state index contributed by atoms with van der Waals surface area (Å²) in [4.78, 5) is 26.9. The van der Waals surface area contributed by atoms with Crippen LogP contribution >= 0.6 is 0 Å². The summed E-state index contributed by atoms with van der Waals surface area (Å²) in [6.45, 7) is -2.98. The summed E-state index contributed by atoms with van der Waals surface area (Å²) in [6, 6.07) is 11.4. The van der Waals surface area contributed by atoms with Crippen LogP contribution in [0.2, 0.25) is 0 Å². The van der Waals surface area contributed by atoms with E-state index in [2.05, 4.69) is 10.1 Å². The predicted octanol–water partition coefficient (Wildman–Crippen LogP) is 3.19. The van der Waals surface area contributed by atoms with Crippen molar-refractivity contribution in [2.75, 3.05) is 7.11 Å². The molecular weight excluding hydrogens is 370 g/mol. The first-order chi connectivity index (χ1) is 13.4. The van der Waals surface area contributed by atoms with Crippen molar-refractivity contribution < 1.29 is 27.8 Å². The summed E-state index contributed by atoms with van der Waals surface area (Å²) in [5.74, 6) is -0.320. The molecule has 28 heavy (non-hydrogen) atoms. The molecule has 2 aromatic rings. The van der Waals surface area contributed by atoms with Crippen LogP contribution in [0.4, 0.5) is 13.6 Å². The summed E-state index contributed by atoms with van der Waals surface area (Å²) >= 11 is 0. The van der Waals surface area contributed by atoms with E-state index in [1.807, 2.05) is 24.3 Å². The number of aryl methyl sites for hydroxylation is 1. The van der Waals surface area contributed by atoms with E-state index in [1.54, 1.807) is 0 Å². The number of carbonyl (C=O) groups is 2. The zero-order valence-electron chi connectivity index (χ0n) is 15.1. The van der Waals surface area contributed by atoms with Gasteiger partial charge in [0, 0.05) is 0 Å². The molecule has 2 aliphatic rings. The quantitative estimate of drug-likeness (QED) is 0.799. The molecule has 0 radical (unpaired) electrons. The van der Waals surface area contributed by atoms with Gasteiger partial charge in [-0.05, 0) is 41.7 Å². The van der Waals surface area contributed by atoms with Gasteiger partial charge in [-0.2, -0.15) is 8.78 Å². The molecule has 1 saturated heterocycles. The van der Waals surface area contributed by atoms with Crippen molar-refractivity contribution in [2.45, 2.75) is 31.5 Å². The Kier molecular flexibility index (Phi) is 4.41. The SMILES string of the molecule is COc1cc(CN2C(=O)N[C@@]3(CCc4ccccc43)C2=O)ccc1OC(F)F. The third kappa shape index (κ3) is 2.85. The van der Waals surface area contributed by atoms with Crippen molar-refractivity contribution in [1.82, 2.24) is 10.2 Å². The highest BCUT2D eigenvalue weighted by atomic mass is 19.3. The zero-order valence-corrected chi connectivity index (χ0v) is 15.1. The smallest absolute Gasteiger partial charge is 0.387 e. The summed E-state index contributed by atoms with van der Waals surface area (Å²) < 4.78 is 34.4. The number of hydrogen-bond donors (Lipinski definition) is 1. The Bertz CT molecular complexity index is 950. The standard InChI is InChI=1S/C20H18F2N2O4/c1-27-16-10-12(6-7-15(16)28-18(21)22)11-24-17(25)20(23-19(24)26)9-8-13-4-2-3-5-14(13)20/h2-7,10,18H,8-9,11H2,1H3,(H,23,26)/t20-/m1/s1. The first kappa shape index (κ1) is 18.2. The fraction of sp³-hybridized carbons (Fsp3) is 0.300. The fourth-order valence-electron chi connectivity index (χ4n) is 3.92. The van der Waals surface area contributed by atoms with Crippen molar-refractivity contribution >= 4 is 11.9 Å². The van der Waals surface area contributed by atoms with Crippen LogP contribution in [-0.2, 0) is 23.3 Å². The number of nitrogens with zero attached hydrogens (tertiary/aromatic N) is 1. The number of rotatable bonds is 5. The minimum atomic E-state index is -2.98. The van der Waals surface area contributed by atoms with Crippen LogP contribution in [0.1, 0.15) is 23.1 Å². The van der Waals surface area contributed by atoms with Crippen molar-refractivity contribution in [3.05, 3.63) is 59.2 Å². The zero-order chi connectivity index (χ0) is 19.9. The number of amides is 3. The molecule has 0 bridgehead atoms. The van der Waals surface area contributed by atoms with Gasteiger partial charge >= 0.3 is 12.6 Å². The van der Waals surface area contributed by atoms with Crippen molar-refractivity contribution in [3.63, 3.8) is 0 Å². The van der Waals surface area contributed by atoms with E-state index in [0.29, 0.717) is 18.4 Å². The molecule has 2 aromatic carbocycles. The van der Waals surface area contributed by atoms with E-state index in [4.69, 9.17) is 4.74 Å². The second-order valence-corrected chi connectivity index (χ2v) is 6.75. The van der Waals surface area contributed by atoms with Crippen molar-refractivity contribution in [3.8, 4) is 11.5 Å². The molecule has 4 rings (SSSR count). The van der Waals surface area contributed by atoms with Crippen LogP contribution in [0.25, 0.3) is 0 Å². The van der Waals surface area contributed by atoms with Crippen LogP contribution < -0.4 is 14.8 Å². The fourth-order valence-corrected chi connectivity index (χ4v) is 3.92. The molecule has 1 aliphatic carbocycles. The second kappa shape index (κ2) is 6.78. The van der Waals surface area contributed by atoms with Crippen LogP contribution in [0.5, 0.6) is 11.5 Å². The number of carbonyl (C=O) groups excluding carboxylic acids is 2. The summed E-state index contributed by atoms with van der Waals surface area (Å²) in [7, 11) is 1.33. The Morgan fingerprint density at radius 2 is 1.96 bits per heavy atom. The highest BCUT2D eigenvalue weighted by Crippen LogP contribution is 2.41. The number of imide groups is 1. The van der Waals surface area contributed by atoms with Crippen molar-refractivity contribution in [2.24, 2.45) is 0 Å². The molecule has 3 amide bonds. The number of ether oxygens (including phenoxy) is 2. The average Bonchev–Trinajstić information content (AvgIpc) is 3.16. The molecule has 1 N–H and O–H groups in total. The molecule has 6 nitrogen and oxygen atoms in total. The Morgan fingerprint density at radius 1 is 1.18 bits per heavy atom. The third-order valence-electron chi connectivity index (χ3n) is 5.21. The molecular formula is C20H18F2N2O4. The normalized spacial score (nSPS) is 20.6. The number of nitrogens with one attached hydrogen (secondary N) is 1. The number of halogens is 2. The maximum atomic E-state index is 13.2. The molecule has 0 unspecified atom stereocenters. The molecule has 1 aliphatic heterocycles. The molecule has 8 heteroatoms. The largest absolute Gasteiger partial charge is 0.493 e. The number of alkyl halides is 2. The van der Waals surface area contributed by atoms with Gasteiger partial charge in [-0.1, -0.05) is 30.3 Å². The first-order valence-corrected chi connectivity index (χ1v) is 8.79. The lowest BCUT2D eigenvalue weighted by molar-refractivity contribution is -0.132. The molecule has 1 spiro atoms. The van der Waals surface area contributed by atoms with E-state index in [1.165, 1.54) is 25.3 Å². The highest BCUT2D eigenvalue weighted by Gasteiger charge is 2.55. The van der Waals surface area contributed by atoms with E-state index in [0.717, 1.165) is 16.0 Å². The molecule has 1 atom stereocenters. The van der Waals surface area contributed by atoms with Crippen LogP contribution in [0.15, 0.2) is 42.5 Å². The first-order valence-electron chi connectivity index (χ1n) is 8.79. The van der Waals surface area contributed by atoms with E-state index < -0.39 is 18.2 Å². The molecule has 0 saturated carbocycles. The predicted molar refractivity (Wildman–Crippen MR) is 95.1 cm³/mol. The number of benzene rings is 2. The lowest BCUT2D eigenvalue weighted by Gasteiger charge is -2.22. The van der Waals surface area contributed by atoms with Gasteiger partial charge in [0.25, 0.3) is 5.91 Å². The van der Waals surface area contributed by atoms with Gasteiger partial charge in [0.1, 0.15) is 5.54 Å². The Hall–Kier alpha value is -3.16. The van der Waals surface area contributed by atoms with Gasteiger partial charge in [0.15, 0.2) is 11.5 Å². The highest BCUT2D eigenvalue weighted by molar-refractivity contribution is 6.08. The van der Waals surface area contributed by atoms with E-state index in [-0.39, 0.29) is 24.0 Å². The van der Waals surface area contributed by atoms with Gasteiger partial charge in [0.05, 0.1) is 13.7 Å². The minimum absolute atomic E-state index is 0.0000971. The molecule has 1 heterocycles. The second-order valence-electron chi connectivity index (χ2n) is 6.75. The van der Waals surface area contributed by atoms with Gasteiger partial charge in [-0.15, -0.1) is 0 Å². The van der Waals surface area contributed by atoms with Crippen molar-refractivity contribution in [1.29, 1.82) is 0 Å². The Morgan fingerprint density at radius 3 is 2.71 bits per heavy atom. The summed E-state index contributed by atoms with van der Waals surface area (Å²) in [5, 5.41) is 2.85. The Labute approximate surface area is 160 Å². The summed E-state index contributed by atoms with van der Waals surface area (Å²) in [5.41, 5.74) is 1.41. The van der Waals surface area contributed by atoms with Crippen LogP contribution in [-0.4, -0.2) is 30.6 Å². The number of urea groups is 1. The monoisotopic (exact) mass is 388 g/mol. The molecule has 0 aromatic heterocycles. The van der Waals surface area contributed by atoms with E-state index >= 15 is 0 Å². The average molecular weight is 388 g/mol. The summed E-state index contributed by atoms with van der Waals surface area (Å²) in [6.07, 6.45) is 1.22. The third-order valence-corrected chi connectivity index (χ3v) is 5.21. The van der Waals surface area contributed by atoms with Gasteiger partial charge < -0.3 is 14.8 Å². The lowest BCUT2D eigenvalue weighted by Crippen LogP contribution is -2.41. The maximum Gasteiger partial charge on any atom is 0.387 e. The number of methoxy groups -OCH3 is 1. The maximum absolute atomic E-state index is 13.2. The van der Waals surface area contributed by atoms with Crippen LogP contribution in [0, 0.1) is 0 Å². The van der Waals surface area contributed by atoms with Gasteiger partial charge in [0.2, 0.25) is 0 Å². The lowest BCUT2D eigenvalue weighted by atomic mass is 9.92. The molecule has 146 valence electrons. The van der Waals surface area contributed by atoms with E-state index in [9.17, 15) is 18.4 Å². The molecule has 1 fully saturated rings.